The average molecular weight is 343 g/mol. The summed E-state index contributed by atoms with van der Waals surface area (Å²) in [7, 11) is 1.70. The Morgan fingerprint density at radius 3 is 2.84 bits per heavy atom. The molecule has 0 aliphatic carbocycles. The third-order valence-corrected chi connectivity index (χ3v) is 3.39. The Bertz CT molecular complexity index is 737. The van der Waals surface area contributed by atoms with Crippen molar-refractivity contribution in [2.24, 2.45) is 5.92 Å². The highest BCUT2D eigenvalue weighted by Crippen LogP contribution is 2.16. The Hall–Kier alpha value is -2.63. The first kappa shape index (κ1) is 18.7. The van der Waals surface area contributed by atoms with Crippen LogP contribution in [0.25, 0.3) is 0 Å². The Kier molecular flexibility index (Phi) is 6.33. The van der Waals surface area contributed by atoms with E-state index in [1.807, 2.05) is 13.0 Å². The maximum Gasteiger partial charge on any atom is 0.254 e. The van der Waals surface area contributed by atoms with Crippen LogP contribution in [0.15, 0.2) is 40.9 Å². The number of hydrogen-bond donors (Lipinski definition) is 0. The van der Waals surface area contributed by atoms with Crippen LogP contribution in [-0.2, 0) is 13.0 Å². The zero-order chi connectivity index (χ0) is 18.4. The lowest BCUT2D eigenvalue weighted by Gasteiger charge is -2.15. The van der Waals surface area contributed by atoms with Crippen molar-refractivity contribution in [2.45, 2.75) is 33.7 Å². The van der Waals surface area contributed by atoms with Crippen molar-refractivity contribution in [1.29, 1.82) is 0 Å². The van der Waals surface area contributed by atoms with Crippen LogP contribution in [0.1, 0.15) is 42.8 Å². The van der Waals surface area contributed by atoms with E-state index in [9.17, 15) is 4.79 Å². The lowest BCUT2D eigenvalue weighted by Crippen LogP contribution is -2.26. The molecule has 0 radical (unpaired) electrons. The van der Waals surface area contributed by atoms with E-state index >= 15 is 0 Å². The van der Waals surface area contributed by atoms with Crippen molar-refractivity contribution in [1.82, 2.24) is 15.0 Å². The molecular weight excluding hydrogens is 318 g/mol. The van der Waals surface area contributed by atoms with Crippen LogP contribution in [0.5, 0.6) is 5.75 Å². The van der Waals surface area contributed by atoms with Gasteiger partial charge in [0, 0.05) is 19.0 Å². The molecule has 0 aliphatic heterocycles. The normalized spacial score (nSPS) is 10.8. The maximum atomic E-state index is 12.6. The van der Waals surface area contributed by atoms with Crippen molar-refractivity contribution in [3.8, 4) is 5.75 Å². The Labute approximate surface area is 148 Å². The molecule has 0 saturated carbocycles. The monoisotopic (exact) mass is 343 g/mol. The van der Waals surface area contributed by atoms with E-state index in [1.54, 1.807) is 30.1 Å². The number of carbonyl (C=O) groups is 1. The van der Waals surface area contributed by atoms with Gasteiger partial charge in [-0.05, 0) is 36.6 Å². The van der Waals surface area contributed by atoms with E-state index in [-0.39, 0.29) is 12.5 Å². The van der Waals surface area contributed by atoms with Gasteiger partial charge in [0.1, 0.15) is 12.4 Å². The van der Waals surface area contributed by atoms with Crippen LogP contribution in [0.3, 0.4) is 0 Å². The summed E-state index contributed by atoms with van der Waals surface area (Å²) >= 11 is 0. The molecule has 0 aliphatic rings. The highest BCUT2D eigenvalue weighted by atomic mass is 16.5. The summed E-state index contributed by atoms with van der Waals surface area (Å²) in [6.07, 6.45) is 0.753. The highest BCUT2D eigenvalue weighted by molar-refractivity contribution is 5.94. The molecule has 0 fully saturated rings. The van der Waals surface area contributed by atoms with Gasteiger partial charge < -0.3 is 14.2 Å². The molecule has 1 heterocycles. The van der Waals surface area contributed by atoms with Crippen LogP contribution in [0.4, 0.5) is 0 Å². The smallest absolute Gasteiger partial charge is 0.254 e. The number of benzene rings is 1. The SMILES string of the molecule is C=C(C)COc1cccc(C(=O)N(C)Cc2nc(CC(C)C)no2)c1. The van der Waals surface area contributed by atoms with Gasteiger partial charge in [-0.15, -0.1) is 0 Å². The third-order valence-electron chi connectivity index (χ3n) is 3.39. The van der Waals surface area contributed by atoms with E-state index in [2.05, 4.69) is 30.6 Å². The van der Waals surface area contributed by atoms with Gasteiger partial charge in [-0.3, -0.25) is 4.79 Å². The maximum absolute atomic E-state index is 12.6. The predicted molar refractivity (Wildman–Crippen MR) is 95.4 cm³/mol. The van der Waals surface area contributed by atoms with Gasteiger partial charge in [-0.1, -0.05) is 31.6 Å². The van der Waals surface area contributed by atoms with E-state index in [4.69, 9.17) is 9.26 Å². The van der Waals surface area contributed by atoms with Gasteiger partial charge in [0.05, 0.1) is 6.54 Å². The first-order valence-corrected chi connectivity index (χ1v) is 8.29. The minimum atomic E-state index is -0.135. The second-order valence-corrected chi connectivity index (χ2v) is 6.64. The van der Waals surface area contributed by atoms with Gasteiger partial charge in [0.15, 0.2) is 5.82 Å². The summed E-state index contributed by atoms with van der Waals surface area (Å²) in [5.41, 5.74) is 1.46. The molecule has 0 N–H and O–H groups in total. The van der Waals surface area contributed by atoms with Crippen molar-refractivity contribution in [3.63, 3.8) is 0 Å². The topological polar surface area (TPSA) is 68.5 Å². The van der Waals surface area contributed by atoms with Crippen LogP contribution < -0.4 is 4.74 Å². The summed E-state index contributed by atoms with van der Waals surface area (Å²) in [5, 5.41) is 3.94. The van der Waals surface area contributed by atoms with Crippen molar-refractivity contribution >= 4 is 5.91 Å². The summed E-state index contributed by atoms with van der Waals surface area (Å²) in [4.78, 5) is 18.5. The standard InChI is InChI=1S/C19H25N3O3/c1-13(2)9-17-20-18(25-21-17)11-22(5)19(23)15-7-6-8-16(10-15)24-12-14(3)4/h6-8,10,13H,3,9,11-12H2,1-2,4-5H3. The van der Waals surface area contributed by atoms with Crippen molar-refractivity contribution in [3.05, 3.63) is 53.7 Å². The second-order valence-electron chi connectivity index (χ2n) is 6.64. The molecule has 0 bridgehead atoms. The quantitative estimate of drug-likeness (QED) is 0.686. The van der Waals surface area contributed by atoms with E-state index in [1.165, 1.54) is 0 Å². The van der Waals surface area contributed by atoms with Gasteiger partial charge >= 0.3 is 0 Å². The number of hydrogen-bond acceptors (Lipinski definition) is 5. The minimum Gasteiger partial charge on any atom is -0.489 e. The Morgan fingerprint density at radius 2 is 2.16 bits per heavy atom. The predicted octanol–water partition coefficient (Wildman–Crippen LogP) is 3.50. The molecule has 134 valence electrons. The molecule has 2 aromatic rings. The summed E-state index contributed by atoms with van der Waals surface area (Å²) in [6.45, 7) is 10.6. The molecule has 0 unspecified atom stereocenters. The lowest BCUT2D eigenvalue weighted by atomic mass is 10.1. The molecule has 1 aromatic heterocycles. The number of rotatable bonds is 8. The van der Waals surface area contributed by atoms with Crippen molar-refractivity contribution < 1.29 is 14.1 Å². The van der Waals surface area contributed by atoms with E-state index in [0.717, 1.165) is 12.0 Å². The van der Waals surface area contributed by atoms with Crippen molar-refractivity contribution in [2.75, 3.05) is 13.7 Å². The molecule has 6 nitrogen and oxygen atoms in total. The fourth-order valence-corrected chi connectivity index (χ4v) is 2.22. The van der Waals surface area contributed by atoms with Crippen LogP contribution >= 0.6 is 0 Å². The number of aromatic nitrogens is 2. The summed E-state index contributed by atoms with van der Waals surface area (Å²) in [5.74, 6) is 2.05. The molecule has 1 amide bonds. The first-order chi connectivity index (χ1) is 11.8. The zero-order valence-corrected chi connectivity index (χ0v) is 15.3. The number of carbonyl (C=O) groups excluding carboxylic acids is 1. The summed E-state index contributed by atoms with van der Waals surface area (Å²) < 4.78 is 10.8. The average Bonchev–Trinajstić information content (AvgIpc) is 2.98. The van der Waals surface area contributed by atoms with E-state index in [0.29, 0.717) is 35.6 Å². The lowest BCUT2D eigenvalue weighted by molar-refractivity contribution is 0.0769. The molecular formula is C19H25N3O3. The molecule has 0 saturated heterocycles. The Balaban J connectivity index is 2.00. The highest BCUT2D eigenvalue weighted by Gasteiger charge is 2.16. The largest absolute Gasteiger partial charge is 0.489 e. The number of ether oxygens (including phenoxy) is 1. The van der Waals surface area contributed by atoms with Gasteiger partial charge in [0.25, 0.3) is 5.91 Å². The Morgan fingerprint density at radius 1 is 1.40 bits per heavy atom. The first-order valence-electron chi connectivity index (χ1n) is 8.29. The third kappa shape index (κ3) is 5.74. The minimum absolute atomic E-state index is 0.135. The van der Waals surface area contributed by atoms with Gasteiger partial charge in [-0.2, -0.15) is 4.98 Å². The molecule has 2 rings (SSSR count). The molecule has 6 heteroatoms. The van der Waals surface area contributed by atoms with E-state index < -0.39 is 0 Å². The zero-order valence-electron chi connectivity index (χ0n) is 15.3. The molecule has 1 aromatic carbocycles. The van der Waals surface area contributed by atoms with Gasteiger partial charge in [-0.25, -0.2) is 0 Å². The number of amides is 1. The molecule has 0 spiro atoms. The fraction of sp³-hybridized carbons (Fsp3) is 0.421. The second kappa shape index (κ2) is 8.46. The van der Waals surface area contributed by atoms with Gasteiger partial charge in [0.2, 0.25) is 5.89 Å². The molecule has 0 atom stereocenters. The molecule has 25 heavy (non-hydrogen) atoms. The van der Waals surface area contributed by atoms with Crippen LogP contribution in [0.2, 0.25) is 0 Å². The van der Waals surface area contributed by atoms with Crippen LogP contribution in [0, 0.1) is 5.92 Å². The summed E-state index contributed by atoms with van der Waals surface area (Å²) in [6, 6.07) is 7.09. The van der Waals surface area contributed by atoms with Crippen LogP contribution in [-0.4, -0.2) is 34.6 Å². The fourth-order valence-electron chi connectivity index (χ4n) is 2.22. The number of nitrogens with zero attached hydrogens (tertiary/aromatic N) is 3.